The van der Waals surface area contributed by atoms with E-state index in [9.17, 15) is 5.11 Å². The van der Waals surface area contributed by atoms with Crippen molar-refractivity contribution in [1.29, 1.82) is 0 Å². The Morgan fingerprint density at radius 2 is 1.83 bits per heavy atom. The summed E-state index contributed by atoms with van der Waals surface area (Å²) in [6, 6.07) is 1.38. The van der Waals surface area contributed by atoms with Gasteiger partial charge in [0, 0.05) is 12.1 Å². The first-order valence-electron chi connectivity index (χ1n) is 5.25. The molecule has 1 unspecified atom stereocenters. The van der Waals surface area contributed by atoms with Crippen LogP contribution in [0, 0.1) is 0 Å². The van der Waals surface area contributed by atoms with E-state index in [1.165, 1.54) is 25.8 Å². The zero-order valence-electron chi connectivity index (χ0n) is 7.87. The molecule has 0 aromatic carbocycles. The number of hydrogen-bond acceptors (Lipinski definition) is 2. The smallest absolute Gasteiger partial charge is 0.0570 e. The number of aliphatic hydroxyl groups excluding tert-OH is 1. The Kier molecular flexibility index (Phi) is 2.37. The predicted octanol–water partition coefficient (Wildman–Crippen LogP) is 1.38. The zero-order chi connectivity index (χ0) is 8.55. The standard InChI is InChI=1S/C10H19NO/c1-2-11-8-4-3-5-9(11)7-10(12)6-8/h8-10,12H,2-7H2,1H3/t8-,9+,10?. The molecule has 3 atom stereocenters. The van der Waals surface area contributed by atoms with Crippen LogP contribution < -0.4 is 0 Å². The van der Waals surface area contributed by atoms with Crippen molar-refractivity contribution in [2.45, 2.75) is 57.2 Å². The summed E-state index contributed by atoms with van der Waals surface area (Å²) >= 11 is 0. The summed E-state index contributed by atoms with van der Waals surface area (Å²) in [6.07, 6.45) is 6.01. The molecule has 0 radical (unpaired) electrons. The average molecular weight is 169 g/mol. The number of rotatable bonds is 1. The zero-order valence-corrected chi connectivity index (χ0v) is 7.87. The normalized spacial score (nSPS) is 43.0. The Hall–Kier alpha value is -0.0800. The highest BCUT2D eigenvalue weighted by Gasteiger charge is 2.36. The molecular formula is C10H19NO. The van der Waals surface area contributed by atoms with E-state index >= 15 is 0 Å². The lowest BCUT2D eigenvalue weighted by Crippen LogP contribution is -2.53. The summed E-state index contributed by atoms with van der Waals surface area (Å²) in [4.78, 5) is 2.59. The van der Waals surface area contributed by atoms with Crippen molar-refractivity contribution >= 4 is 0 Å². The van der Waals surface area contributed by atoms with Crippen LogP contribution >= 0.6 is 0 Å². The van der Waals surface area contributed by atoms with Gasteiger partial charge in [-0.3, -0.25) is 4.90 Å². The lowest BCUT2D eigenvalue weighted by Gasteiger charge is -2.47. The van der Waals surface area contributed by atoms with E-state index in [0.29, 0.717) is 12.1 Å². The van der Waals surface area contributed by atoms with Gasteiger partial charge in [0.1, 0.15) is 0 Å². The highest BCUT2D eigenvalue weighted by atomic mass is 16.3. The maximum absolute atomic E-state index is 9.60. The van der Waals surface area contributed by atoms with Crippen LogP contribution in [-0.2, 0) is 0 Å². The fourth-order valence-corrected chi connectivity index (χ4v) is 2.97. The van der Waals surface area contributed by atoms with Crippen molar-refractivity contribution in [2.24, 2.45) is 0 Å². The van der Waals surface area contributed by atoms with E-state index in [1.807, 2.05) is 0 Å². The van der Waals surface area contributed by atoms with Gasteiger partial charge in [-0.2, -0.15) is 0 Å². The second-order valence-corrected chi connectivity index (χ2v) is 4.19. The molecule has 12 heavy (non-hydrogen) atoms. The number of piperidine rings is 2. The Morgan fingerprint density at radius 3 is 2.33 bits per heavy atom. The van der Waals surface area contributed by atoms with Crippen LogP contribution in [0.25, 0.3) is 0 Å². The molecule has 1 N–H and O–H groups in total. The Bertz CT molecular complexity index is 146. The SMILES string of the molecule is CCN1[C@@H]2CCC[C@H]1CC(O)C2. The summed E-state index contributed by atoms with van der Waals surface area (Å²) in [5.74, 6) is 0. The molecule has 2 aliphatic rings. The van der Waals surface area contributed by atoms with Crippen molar-refractivity contribution in [3.63, 3.8) is 0 Å². The highest BCUT2D eigenvalue weighted by Crippen LogP contribution is 2.33. The average Bonchev–Trinajstić information content (AvgIpc) is 2.02. The molecule has 2 fully saturated rings. The number of aliphatic hydroxyl groups is 1. The Balaban J connectivity index is 2.06. The summed E-state index contributed by atoms with van der Waals surface area (Å²) in [7, 11) is 0. The van der Waals surface area contributed by atoms with Crippen molar-refractivity contribution in [2.75, 3.05) is 6.54 Å². The van der Waals surface area contributed by atoms with Gasteiger partial charge < -0.3 is 5.11 Å². The van der Waals surface area contributed by atoms with Gasteiger partial charge in [-0.15, -0.1) is 0 Å². The first kappa shape index (κ1) is 8.52. The van der Waals surface area contributed by atoms with Crippen molar-refractivity contribution in [3.8, 4) is 0 Å². The van der Waals surface area contributed by atoms with Gasteiger partial charge in [0.2, 0.25) is 0 Å². The molecule has 2 saturated heterocycles. The number of fused-ring (bicyclic) bond motifs is 2. The fourth-order valence-electron chi connectivity index (χ4n) is 2.97. The van der Waals surface area contributed by atoms with Crippen molar-refractivity contribution < 1.29 is 5.11 Å². The number of hydrogen-bond donors (Lipinski definition) is 1. The van der Waals surface area contributed by atoms with Crippen LogP contribution in [0.3, 0.4) is 0 Å². The maximum Gasteiger partial charge on any atom is 0.0570 e. The Labute approximate surface area is 74.6 Å². The minimum atomic E-state index is -0.0110. The van der Waals surface area contributed by atoms with E-state index in [4.69, 9.17) is 0 Å². The van der Waals surface area contributed by atoms with Crippen molar-refractivity contribution in [3.05, 3.63) is 0 Å². The molecule has 2 heterocycles. The molecule has 0 amide bonds. The summed E-state index contributed by atoms with van der Waals surface area (Å²) < 4.78 is 0. The molecule has 2 aliphatic heterocycles. The summed E-state index contributed by atoms with van der Waals surface area (Å²) in [5.41, 5.74) is 0. The van der Waals surface area contributed by atoms with Crippen LogP contribution in [0.2, 0.25) is 0 Å². The van der Waals surface area contributed by atoms with E-state index in [0.717, 1.165) is 12.8 Å². The third kappa shape index (κ3) is 1.38. The minimum Gasteiger partial charge on any atom is -0.393 e. The van der Waals surface area contributed by atoms with E-state index < -0.39 is 0 Å². The maximum atomic E-state index is 9.60. The molecule has 2 rings (SSSR count). The molecule has 0 spiro atoms. The predicted molar refractivity (Wildman–Crippen MR) is 49.0 cm³/mol. The summed E-state index contributed by atoms with van der Waals surface area (Å²) in [6.45, 7) is 3.41. The third-order valence-corrected chi connectivity index (χ3v) is 3.47. The van der Waals surface area contributed by atoms with Crippen LogP contribution in [0.15, 0.2) is 0 Å². The van der Waals surface area contributed by atoms with Crippen LogP contribution in [0.1, 0.15) is 39.0 Å². The van der Waals surface area contributed by atoms with Gasteiger partial charge in [-0.25, -0.2) is 0 Å². The molecule has 0 aromatic heterocycles. The topological polar surface area (TPSA) is 23.5 Å². The van der Waals surface area contributed by atoms with Gasteiger partial charge in [0.25, 0.3) is 0 Å². The first-order chi connectivity index (χ1) is 5.81. The highest BCUT2D eigenvalue weighted by molar-refractivity contribution is 4.91. The quantitative estimate of drug-likeness (QED) is 0.641. The molecule has 70 valence electrons. The minimum absolute atomic E-state index is 0.0110. The Morgan fingerprint density at radius 1 is 1.25 bits per heavy atom. The van der Waals surface area contributed by atoms with Crippen molar-refractivity contribution in [1.82, 2.24) is 4.90 Å². The lowest BCUT2D eigenvalue weighted by atomic mass is 9.83. The van der Waals surface area contributed by atoms with Gasteiger partial charge in [-0.05, 0) is 32.2 Å². The molecule has 2 heteroatoms. The van der Waals surface area contributed by atoms with Gasteiger partial charge in [0.15, 0.2) is 0 Å². The third-order valence-electron chi connectivity index (χ3n) is 3.47. The fraction of sp³-hybridized carbons (Fsp3) is 1.00. The first-order valence-corrected chi connectivity index (χ1v) is 5.25. The summed E-state index contributed by atoms with van der Waals surface area (Å²) in [5, 5.41) is 9.60. The second-order valence-electron chi connectivity index (χ2n) is 4.19. The lowest BCUT2D eigenvalue weighted by molar-refractivity contribution is -0.0231. The van der Waals surface area contributed by atoms with Gasteiger partial charge in [-0.1, -0.05) is 13.3 Å². The molecular weight excluding hydrogens is 150 g/mol. The molecule has 2 nitrogen and oxygen atoms in total. The largest absolute Gasteiger partial charge is 0.393 e. The van der Waals surface area contributed by atoms with Gasteiger partial charge >= 0.3 is 0 Å². The van der Waals surface area contributed by atoms with E-state index in [1.54, 1.807) is 0 Å². The molecule has 0 aromatic rings. The van der Waals surface area contributed by atoms with E-state index in [2.05, 4.69) is 11.8 Å². The van der Waals surface area contributed by atoms with E-state index in [-0.39, 0.29) is 6.10 Å². The molecule has 0 aliphatic carbocycles. The second kappa shape index (κ2) is 3.35. The molecule has 0 saturated carbocycles. The number of nitrogens with zero attached hydrogens (tertiary/aromatic N) is 1. The van der Waals surface area contributed by atoms with Crippen LogP contribution in [0.5, 0.6) is 0 Å². The van der Waals surface area contributed by atoms with Gasteiger partial charge in [0.05, 0.1) is 6.10 Å². The molecule has 2 bridgehead atoms. The van der Waals surface area contributed by atoms with Crippen LogP contribution in [0.4, 0.5) is 0 Å². The monoisotopic (exact) mass is 169 g/mol. The van der Waals surface area contributed by atoms with Crippen LogP contribution in [-0.4, -0.2) is 34.7 Å².